The van der Waals surface area contributed by atoms with Gasteiger partial charge in [0.05, 0.1) is 10.7 Å². The van der Waals surface area contributed by atoms with Crippen molar-refractivity contribution >= 4 is 15.9 Å². The number of hydrogen-bond acceptors (Lipinski definition) is 4. The number of aryl methyl sites for hydroxylation is 1. The maximum Gasteiger partial charge on any atom is 0.304 e. The van der Waals surface area contributed by atoms with Gasteiger partial charge >= 0.3 is 15.9 Å². The Labute approximate surface area is 90.1 Å². The molecule has 0 spiro atoms. The number of benzene rings is 1. The van der Waals surface area contributed by atoms with Gasteiger partial charge in [0.2, 0.25) is 5.82 Å². The highest BCUT2D eigenvalue weighted by atomic mass is 32.3. The van der Waals surface area contributed by atoms with Gasteiger partial charge in [-0.1, -0.05) is 6.07 Å². The summed E-state index contributed by atoms with van der Waals surface area (Å²) in [5.74, 6) is -1.84. The van der Waals surface area contributed by atoms with Crippen molar-refractivity contribution in [3.8, 4) is 0 Å². The molecule has 0 aliphatic carbocycles. The van der Waals surface area contributed by atoms with Crippen LogP contribution in [0, 0.1) is 15.9 Å². The molecule has 5 nitrogen and oxygen atoms in total. The lowest BCUT2D eigenvalue weighted by molar-refractivity contribution is -0.387. The van der Waals surface area contributed by atoms with E-state index in [1.54, 1.807) is 0 Å². The number of hydrogen-bond donors (Lipinski definition) is 0. The van der Waals surface area contributed by atoms with Crippen molar-refractivity contribution in [1.82, 2.24) is 0 Å². The van der Waals surface area contributed by atoms with E-state index in [9.17, 15) is 26.8 Å². The van der Waals surface area contributed by atoms with Crippen LogP contribution in [-0.2, 0) is 16.6 Å². The summed E-state index contributed by atoms with van der Waals surface area (Å²) in [7, 11) is -4.62. The topological polar surface area (TPSA) is 77.3 Å². The molecule has 0 heterocycles. The van der Waals surface area contributed by atoms with Crippen molar-refractivity contribution in [3.63, 3.8) is 0 Å². The van der Waals surface area contributed by atoms with Gasteiger partial charge in [0.1, 0.15) is 0 Å². The Morgan fingerprint density at radius 2 is 2.00 bits per heavy atom. The van der Waals surface area contributed by atoms with Crippen LogP contribution in [0.1, 0.15) is 5.56 Å². The average molecular weight is 251 g/mol. The third-order valence-corrected chi connectivity index (χ3v) is 2.54. The molecule has 0 saturated heterocycles. The molecule has 0 radical (unpaired) electrons. The maximum absolute atomic E-state index is 13.0. The minimum Gasteiger partial charge on any atom is -0.258 e. The predicted molar refractivity (Wildman–Crippen MR) is 51.7 cm³/mol. The van der Waals surface area contributed by atoms with Crippen molar-refractivity contribution in [3.05, 3.63) is 39.7 Å². The third kappa shape index (κ3) is 3.54. The summed E-state index contributed by atoms with van der Waals surface area (Å²) in [5.41, 5.74) is -0.517. The molecule has 0 fully saturated rings. The predicted octanol–water partition coefficient (Wildman–Crippen LogP) is 1.58. The lowest BCUT2D eigenvalue weighted by Crippen LogP contribution is -2.03. The maximum atomic E-state index is 13.0. The quantitative estimate of drug-likeness (QED) is 0.462. The molecule has 1 rings (SSSR count). The largest absolute Gasteiger partial charge is 0.304 e. The first-order valence-corrected chi connectivity index (χ1v) is 5.70. The molecule has 16 heavy (non-hydrogen) atoms. The van der Waals surface area contributed by atoms with E-state index in [4.69, 9.17) is 0 Å². The van der Waals surface area contributed by atoms with Gasteiger partial charge in [0.25, 0.3) is 0 Å². The number of rotatable bonds is 4. The Hall–Kier alpha value is -1.57. The SMILES string of the molecule is O=[N+]([O-])c1ccc(CCS(=O)(=O)F)cc1F. The first kappa shape index (κ1) is 12.5. The zero-order valence-electron chi connectivity index (χ0n) is 7.89. The second-order valence-corrected chi connectivity index (χ2v) is 4.52. The van der Waals surface area contributed by atoms with Gasteiger partial charge in [0, 0.05) is 6.07 Å². The molecule has 0 bridgehead atoms. The van der Waals surface area contributed by atoms with E-state index in [0.29, 0.717) is 0 Å². The lowest BCUT2D eigenvalue weighted by Gasteiger charge is -1.99. The van der Waals surface area contributed by atoms with Gasteiger partial charge in [-0.2, -0.15) is 12.8 Å². The number of nitro groups is 1. The molecule has 0 aliphatic heterocycles. The van der Waals surface area contributed by atoms with Crippen molar-refractivity contribution < 1.29 is 21.6 Å². The molecule has 0 aliphatic rings. The Morgan fingerprint density at radius 1 is 1.38 bits per heavy atom. The summed E-state index contributed by atoms with van der Waals surface area (Å²) in [5, 5.41) is 10.3. The Balaban J connectivity index is 2.86. The van der Waals surface area contributed by atoms with E-state index in [1.165, 1.54) is 6.07 Å². The summed E-state index contributed by atoms with van der Waals surface area (Å²) in [6, 6.07) is 2.92. The van der Waals surface area contributed by atoms with E-state index < -0.39 is 32.4 Å². The number of halogens is 2. The zero-order chi connectivity index (χ0) is 12.3. The second-order valence-electron chi connectivity index (χ2n) is 3.04. The Morgan fingerprint density at radius 3 is 2.44 bits per heavy atom. The smallest absolute Gasteiger partial charge is 0.258 e. The highest BCUT2D eigenvalue weighted by Gasteiger charge is 2.15. The second kappa shape index (κ2) is 4.52. The standard InChI is InChI=1S/C8H7F2NO4S/c9-7-5-6(3-4-16(10,14)15)1-2-8(7)11(12)13/h1-2,5H,3-4H2. The average Bonchev–Trinajstić information content (AvgIpc) is 2.13. The normalized spacial score (nSPS) is 11.4. The van der Waals surface area contributed by atoms with Crippen LogP contribution in [0.15, 0.2) is 18.2 Å². The van der Waals surface area contributed by atoms with Crippen LogP contribution in [0.5, 0.6) is 0 Å². The van der Waals surface area contributed by atoms with Gasteiger partial charge in [0.15, 0.2) is 0 Å². The summed E-state index contributed by atoms with van der Waals surface area (Å²) in [4.78, 5) is 9.36. The zero-order valence-corrected chi connectivity index (χ0v) is 8.71. The highest BCUT2D eigenvalue weighted by Crippen LogP contribution is 2.18. The van der Waals surface area contributed by atoms with Crippen LogP contribution in [0.2, 0.25) is 0 Å². The first-order chi connectivity index (χ1) is 7.29. The van der Waals surface area contributed by atoms with E-state index in [2.05, 4.69) is 0 Å². The fourth-order valence-corrected chi connectivity index (χ4v) is 1.57. The van der Waals surface area contributed by atoms with Crippen molar-refractivity contribution in [2.24, 2.45) is 0 Å². The summed E-state index contributed by atoms with van der Waals surface area (Å²) >= 11 is 0. The van der Waals surface area contributed by atoms with Crippen LogP contribution in [0.3, 0.4) is 0 Å². The van der Waals surface area contributed by atoms with Gasteiger partial charge in [-0.15, -0.1) is 3.89 Å². The van der Waals surface area contributed by atoms with Gasteiger partial charge in [-0.25, -0.2) is 0 Å². The molecule has 0 N–H and O–H groups in total. The minimum atomic E-state index is -4.62. The Bertz CT molecular complexity index is 515. The van der Waals surface area contributed by atoms with E-state index in [-0.39, 0.29) is 12.0 Å². The van der Waals surface area contributed by atoms with E-state index in [0.717, 1.165) is 12.1 Å². The van der Waals surface area contributed by atoms with Crippen molar-refractivity contribution in [2.45, 2.75) is 6.42 Å². The number of nitrogens with zero attached hydrogens (tertiary/aromatic N) is 1. The lowest BCUT2D eigenvalue weighted by atomic mass is 10.1. The van der Waals surface area contributed by atoms with Gasteiger partial charge in [-0.3, -0.25) is 10.1 Å². The van der Waals surface area contributed by atoms with Crippen LogP contribution < -0.4 is 0 Å². The molecule has 88 valence electrons. The van der Waals surface area contributed by atoms with Crippen LogP contribution in [0.4, 0.5) is 14.0 Å². The van der Waals surface area contributed by atoms with Crippen molar-refractivity contribution in [2.75, 3.05) is 5.75 Å². The molecule has 0 unspecified atom stereocenters. The number of nitro benzene ring substituents is 1. The molecule has 1 aromatic rings. The van der Waals surface area contributed by atoms with Gasteiger partial charge in [-0.05, 0) is 18.1 Å². The molecule has 0 amide bonds. The molecule has 0 atom stereocenters. The summed E-state index contributed by atoms with van der Waals surface area (Å²) in [6.45, 7) is 0. The third-order valence-electron chi connectivity index (χ3n) is 1.84. The molecule has 1 aromatic carbocycles. The molecule has 0 saturated carbocycles. The first-order valence-electron chi connectivity index (χ1n) is 4.15. The highest BCUT2D eigenvalue weighted by molar-refractivity contribution is 7.86. The minimum absolute atomic E-state index is 0.185. The molecular weight excluding hydrogens is 244 g/mol. The summed E-state index contributed by atoms with van der Waals surface area (Å²) in [6.07, 6.45) is -0.228. The van der Waals surface area contributed by atoms with Crippen LogP contribution in [-0.4, -0.2) is 19.1 Å². The fraction of sp³-hybridized carbons (Fsp3) is 0.250. The molecule has 0 aromatic heterocycles. The monoisotopic (exact) mass is 251 g/mol. The van der Waals surface area contributed by atoms with E-state index in [1.807, 2.05) is 0 Å². The van der Waals surface area contributed by atoms with E-state index >= 15 is 0 Å². The molecule has 8 heteroatoms. The fourth-order valence-electron chi connectivity index (χ4n) is 1.09. The van der Waals surface area contributed by atoms with Crippen molar-refractivity contribution in [1.29, 1.82) is 0 Å². The van der Waals surface area contributed by atoms with Crippen LogP contribution in [0.25, 0.3) is 0 Å². The van der Waals surface area contributed by atoms with Gasteiger partial charge < -0.3 is 0 Å². The Kier molecular flexibility index (Phi) is 3.53. The molecular formula is C8H7F2NO4S. The van der Waals surface area contributed by atoms with Crippen LogP contribution >= 0.6 is 0 Å². The summed E-state index contributed by atoms with van der Waals surface area (Å²) < 4.78 is 45.6.